The molecule has 0 spiro atoms. The van der Waals surface area contributed by atoms with Crippen molar-refractivity contribution >= 4 is 21.7 Å². The Bertz CT molecular complexity index is 448. The van der Waals surface area contributed by atoms with Gasteiger partial charge in [-0.1, -0.05) is 0 Å². The number of hydrogen-bond donors (Lipinski definition) is 2. The second-order valence-corrected chi connectivity index (χ2v) is 6.47. The van der Waals surface area contributed by atoms with Gasteiger partial charge in [-0.05, 0) is 41.4 Å². The van der Waals surface area contributed by atoms with Crippen molar-refractivity contribution in [2.75, 3.05) is 44.7 Å². The predicted molar refractivity (Wildman–Crippen MR) is 83.0 cm³/mol. The van der Waals surface area contributed by atoms with E-state index in [0.29, 0.717) is 13.1 Å². The van der Waals surface area contributed by atoms with Gasteiger partial charge in [-0.3, -0.25) is 4.90 Å². The van der Waals surface area contributed by atoms with Crippen molar-refractivity contribution in [3.05, 3.63) is 22.3 Å². The van der Waals surface area contributed by atoms with E-state index in [2.05, 4.69) is 31.1 Å². The van der Waals surface area contributed by atoms with E-state index in [1.54, 1.807) is 6.20 Å². The normalized spacial score (nSPS) is 19.6. The summed E-state index contributed by atoms with van der Waals surface area (Å²) in [5, 5.41) is 13.7. The summed E-state index contributed by atoms with van der Waals surface area (Å²) in [6.45, 7) is 8.21. The molecule has 1 aliphatic heterocycles. The molecule has 1 unspecified atom stereocenters. The number of rotatable bonds is 5. The Morgan fingerprint density at radius 2 is 2.20 bits per heavy atom. The number of anilines is 1. The van der Waals surface area contributed by atoms with Crippen LogP contribution < -0.4 is 5.32 Å². The van der Waals surface area contributed by atoms with Gasteiger partial charge < -0.3 is 15.2 Å². The van der Waals surface area contributed by atoms with Crippen LogP contribution in [0.4, 0.5) is 5.82 Å². The van der Waals surface area contributed by atoms with E-state index < -0.39 is 5.60 Å². The molecule has 2 N–H and O–H groups in total. The molecule has 2 heterocycles. The molecular formula is C14H22BrN3O2. The summed E-state index contributed by atoms with van der Waals surface area (Å²) in [6, 6.07) is 2.01. The monoisotopic (exact) mass is 343 g/mol. The number of halogens is 1. The summed E-state index contributed by atoms with van der Waals surface area (Å²) in [6.07, 6.45) is 1.76. The maximum atomic E-state index is 10.5. The van der Waals surface area contributed by atoms with Gasteiger partial charge in [-0.25, -0.2) is 4.98 Å². The summed E-state index contributed by atoms with van der Waals surface area (Å²) in [5.41, 5.74) is 0.264. The smallest absolute Gasteiger partial charge is 0.129 e. The summed E-state index contributed by atoms with van der Waals surface area (Å²) in [4.78, 5) is 6.55. The first-order chi connectivity index (χ1) is 9.46. The number of β-amino-alcohol motifs (C(OH)–C–C–N with tert-alkyl or cyclic N) is 1. The average molecular weight is 344 g/mol. The van der Waals surface area contributed by atoms with Gasteiger partial charge in [0.2, 0.25) is 0 Å². The molecule has 20 heavy (non-hydrogen) atoms. The third-order valence-corrected chi connectivity index (χ3v) is 3.78. The molecule has 0 amide bonds. The molecule has 1 aromatic heterocycles. The van der Waals surface area contributed by atoms with Crippen LogP contribution in [0.25, 0.3) is 0 Å². The van der Waals surface area contributed by atoms with Crippen molar-refractivity contribution in [2.45, 2.75) is 19.4 Å². The van der Waals surface area contributed by atoms with Crippen molar-refractivity contribution in [2.24, 2.45) is 0 Å². The SMILES string of the molecule is Cc1cc(Br)cnc1NCC(C)(O)CN1CCOCC1. The summed E-state index contributed by atoms with van der Waals surface area (Å²) in [5.74, 6) is 0.815. The van der Waals surface area contributed by atoms with Gasteiger partial charge in [0, 0.05) is 36.8 Å². The van der Waals surface area contributed by atoms with E-state index in [1.807, 2.05) is 19.9 Å². The molecule has 112 valence electrons. The molecule has 1 saturated heterocycles. The predicted octanol–water partition coefficient (Wildman–Crippen LogP) is 1.65. The lowest BCUT2D eigenvalue weighted by Gasteiger charge is -2.34. The Balaban J connectivity index is 1.87. The van der Waals surface area contributed by atoms with Crippen LogP contribution in [0, 0.1) is 6.92 Å². The molecule has 0 aromatic carbocycles. The molecule has 1 atom stereocenters. The quantitative estimate of drug-likeness (QED) is 0.851. The Kier molecular flexibility index (Phi) is 5.37. The van der Waals surface area contributed by atoms with Crippen molar-refractivity contribution in [1.82, 2.24) is 9.88 Å². The van der Waals surface area contributed by atoms with E-state index in [1.165, 1.54) is 0 Å². The number of ether oxygens (including phenoxy) is 1. The van der Waals surface area contributed by atoms with Gasteiger partial charge in [0.15, 0.2) is 0 Å². The van der Waals surface area contributed by atoms with Crippen molar-refractivity contribution in [3.63, 3.8) is 0 Å². The lowest BCUT2D eigenvalue weighted by atomic mass is 10.1. The minimum absolute atomic E-state index is 0.472. The van der Waals surface area contributed by atoms with Gasteiger partial charge in [0.25, 0.3) is 0 Å². The zero-order chi connectivity index (χ0) is 14.6. The van der Waals surface area contributed by atoms with E-state index in [0.717, 1.165) is 42.2 Å². The first kappa shape index (κ1) is 15.7. The fourth-order valence-electron chi connectivity index (χ4n) is 2.30. The lowest BCUT2D eigenvalue weighted by Crippen LogP contribution is -2.49. The van der Waals surface area contributed by atoms with Crippen molar-refractivity contribution in [1.29, 1.82) is 0 Å². The number of nitrogens with one attached hydrogen (secondary N) is 1. The number of morpholine rings is 1. The first-order valence-corrected chi connectivity index (χ1v) is 7.64. The average Bonchev–Trinajstić information content (AvgIpc) is 2.38. The maximum absolute atomic E-state index is 10.5. The van der Waals surface area contributed by atoms with Gasteiger partial charge >= 0.3 is 0 Å². The number of aliphatic hydroxyl groups is 1. The topological polar surface area (TPSA) is 57.6 Å². The van der Waals surface area contributed by atoms with Crippen molar-refractivity contribution < 1.29 is 9.84 Å². The molecule has 1 fully saturated rings. The molecule has 1 aliphatic rings. The van der Waals surface area contributed by atoms with Crippen LogP contribution in [0.1, 0.15) is 12.5 Å². The molecule has 0 bridgehead atoms. The molecule has 5 nitrogen and oxygen atoms in total. The number of aromatic nitrogens is 1. The van der Waals surface area contributed by atoms with Crippen LogP contribution >= 0.6 is 15.9 Å². The highest BCUT2D eigenvalue weighted by Gasteiger charge is 2.25. The standard InChI is InChI=1S/C14H22BrN3O2/c1-11-7-12(15)8-16-13(11)17-9-14(2,19)10-18-3-5-20-6-4-18/h7-8,19H,3-6,9-10H2,1-2H3,(H,16,17). The molecule has 0 saturated carbocycles. The minimum Gasteiger partial charge on any atom is -0.387 e. The molecule has 6 heteroatoms. The van der Waals surface area contributed by atoms with Crippen LogP contribution in [0.2, 0.25) is 0 Å². The fraction of sp³-hybridized carbons (Fsp3) is 0.643. The molecule has 0 aliphatic carbocycles. The van der Waals surface area contributed by atoms with Crippen LogP contribution in [-0.2, 0) is 4.74 Å². The number of hydrogen-bond acceptors (Lipinski definition) is 5. The number of aryl methyl sites for hydroxylation is 1. The Morgan fingerprint density at radius 1 is 1.50 bits per heavy atom. The van der Waals surface area contributed by atoms with Gasteiger partial charge in [-0.15, -0.1) is 0 Å². The third-order valence-electron chi connectivity index (χ3n) is 3.35. The zero-order valence-corrected chi connectivity index (χ0v) is 13.6. The summed E-state index contributed by atoms with van der Waals surface area (Å²) in [7, 11) is 0. The molecular weight excluding hydrogens is 322 g/mol. The van der Waals surface area contributed by atoms with E-state index >= 15 is 0 Å². The second-order valence-electron chi connectivity index (χ2n) is 5.56. The van der Waals surface area contributed by atoms with E-state index in [4.69, 9.17) is 4.74 Å². The van der Waals surface area contributed by atoms with Gasteiger partial charge in [0.1, 0.15) is 5.82 Å². The highest BCUT2D eigenvalue weighted by molar-refractivity contribution is 9.10. The highest BCUT2D eigenvalue weighted by Crippen LogP contribution is 2.18. The first-order valence-electron chi connectivity index (χ1n) is 6.85. The Labute approximate surface area is 128 Å². The Hall–Kier alpha value is -0.690. The number of pyridine rings is 1. The van der Waals surface area contributed by atoms with Crippen LogP contribution in [0.3, 0.4) is 0 Å². The fourth-order valence-corrected chi connectivity index (χ4v) is 2.74. The van der Waals surface area contributed by atoms with Crippen LogP contribution in [0.5, 0.6) is 0 Å². The van der Waals surface area contributed by atoms with E-state index in [-0.39, 0.29) is 0 Å². The molecule has 0 radical (unpaired) electrons. The molecule has 2 rings (SSSR count). The van der Waals surface area contributed by atoms with Gasteiger partial charge in [-0.2, -0.15) is 0 Å². The minimum atomic E-state index is -0.793. The van der Waals surface area contributed by atoms with Crippen LogP contribution in [0.15, 0.2) is 16.7 Å². The summed E-state index contributed by atoms with van der Waals surface area (Å²) >= 11 is 3.39. The van der Waals surface area contributed by atoms with Crippen LogP contribution in [-0.4, -0.2) is 60.0 Å². The second kappa shape index (κ2) is 6.85. The molecule has 1 aromatic rings. The number of nitrogens with zero attached hydrogens (tertiary/aromatic N) is 2. The van der Waals surface area contributed by atoms with Gasteiger partial charge in [0.05, 0.1) is 18.8 Å². The summed E-state index contributed by atoms with van der Waals surface area (Å²) < 4.78 is 6.28. The highest BCUT2D eigenvalue weighted by atomic mass is 79.9. The maximum Gasteiger partial charge on any atom is 0.129 e. The third kappa shape index (κ3) is 4.70. The van der Waals surface area contributed by atoms with Crippen molar-refractivity contribution in [3.8, 4) is 0 Å². The van der Waals surface area contributed by atoms with E-state index in [9.17, 15) is 5.11 Å². The largest absolute Gasteiger partial charge is 0.387 e. The Morgan fingerprint density at radius 3 is 2.85 bits per heavy atom. The lowest BCUT2D eigenvalue weighted by molar-refractivity contribution is -0.0164. The zero-order valence-electron chi connectivity index (χ0n) is 12.0.